The van der Waals surface area contributed by atoms with Crippen LogP contribution in [0.2, 0.25) is 0 Å². The molecule has 1 unspecified atom stereocenters. The molecule has 1 aromatic carbocycles. The Morgan fingerprint density at radius 1 is 1.21 bits per heavy atom. The molecule has 0 heterocycles. The zero-order valence-electron chi connectivity index (χ0n) is 12.7. The smallest absolute Gasteiger partial charge is 0.122 e. The van der Waals surface area contributed by atoms with Gasteiger partial charge < -0.3 is 10.1 Å². The Bertz CT molecular complexity index is 338. The maximum Gasteiger partial charge on any atom is 0.122 e. The quantitative estimate of drug-likeness (QED) is 0.643. The lowest BCUT2D eigenvalue weighted by atomic mass is 9.99. The molecule has 0 aliphatic heterocycles. The van der Waals surface area contributed by atoms with E-state index in [0.29, 0.717) is 0 Å². The fourth-order valence-corrected chi connectivity index (χ4v) is 2.38. The molecule has 1 N–H and O–H groups in total. The van der Waals surface area contributed by atoms with Gasteiger partial charge in [-0.15, -0.1) is 0 Å². The van der Waals surface area contributed by atoms with Crippen LogP contribution in [0.3, 0.4) is 0 Å². The lowest BCUT2D eigenvalue weighted by Gasteiger charge is -2.15. The van der Waals surface area contributed by atoms with Gasteiger partial charge in [0.25, 0.3) is 0 Å². The van der Waals surface area contributed by atoms with Crippen molar-refractivity contribution >= 4 is 0 Å². The number of para-hydroxylation sites is 1. The molecule has 1 rings (SSSR count). The molecule has 0 fully saturated rings. The van der Waals surface area contributed by atoms with Crippen molar-refractivity contribution in [2.45, 2.75) is 46.0 Å². The summed E-state index contributed by atoms with van der Waals surface area (Å²) in [4.78, 5) is 0. The van der Waals surface area contributed by atoms with Crippen molar-refractivity contribution in [3.05, 3.63) is 29.8 Å². The van der Waals surface area contributed by atoms with Crippen LogP contribution < -0.4 is 10.1 Å². The highest BCUT2D eigenvalue weighted by atomic mass is 16.5. The summed E-state index contributed by atoms with van der Waals surface area (Å²) in [7, 11) is 1.74. The van der Waals surface area contributed by atoms with Gasteiger partial charge in [-0.1, -0.05) is 51.3 Å². The highest BCUT2D eigenvalue weighted by molar-refractivity contribution is 5.33. The second kappa shape index (κ2) is 9.85. The van der Waals surface area contributed by atoms with Gasteiger partial charge in [-0.2, -0.15) is 0 Å². The summed E-state index contributed by atoms with van der Waals surface area (Å²) in [5.41, 5.74) is 1.29. The maximum absolute atomic E-state index is 5.37. The molecule has 0 aliphatic carbocycles. The van der Waals surface area contributed by atoms with Gasteiger partial charge in [0.2, 0.25) is 0 Å². The van der Waals surface area contributed by atoms with E-state index in [0.717, 1.165) is 31.2 Å². The summed E-state index contributed by atoms with van der Waals surface area (Å²) in [5, 5.41) is 3.59. The average molecular weight is 263 g/mol. The van der Waals surface area contributed by atoms with E-state index in [2.05, 4.69) is 31.3 Å². The Labute approximate surface area is 118 Å². The molecule has 108 valence electrons. The normalized spacial score (nSPS) is 12.4. The predicted octanol–water partition coefficient (Wildman–Crippen LogP) is 4.04. The van der Waals surface area contributed by atoms with Crippen molar-refractivity contribution in [1.82, 2.24) is 5.32 Å². The van der Waals surface area contributed by atoms with Gasteiger partial charge in [0, 0.05) is 0 Å². The fraction of sp³-hybridized carbons (Fsp3) is 0.647. The van der Waals surface area contributed by atoms with E-state index in [1.165, 1.54) is 31.2 Å². The third-order valence-corrected chi connectivity index (χ3v) is 3.74. The minimum atomic E-state index is 0.831. The molecule has 0 saturated carbocycles. The molecule has 0 spiro atoms. The zero-order chi connectivity index (χ0) is 13.9. The van der Waals surface area contributed by atoms with Crippen molar-refractivity contribution in [2.75, 3.05) is 20.2 Å². The van der Waals surface area contributed by atoms with Crippen LogP contribution in [0.1, 0.15) is 45.1 Å². The number of unbranched alkanes of at least 4 members (excludes halogenated alkanes) is 1. The Kier molecular flexibility index (Phi) is 8.31. The molecule has 1 atom stereocenters. The van der Waals surface area contributed by atoms with Gasteiger partial charge in [-0.05, 0) is 43.5 Å². The molecule has 19 heavy (non-hydrogen) atoms. The Morgan fingerprint density at radius 3 is 2.68 bits per heavy atom. The zero-order valence-corrected chi connectivity index (χ0v) is 12.7. The van der Waals surface area contributed by atoms with Gasteiger partial charge in [-0.25, -0.2) is 0 Å². The van der Waals surface area contributed by atoms with Crippen molar-refractivity contribution < 1.29 is 4.74 Å². The van der Waals surface area contributed by atoms with Gasteiger partial charge in [-0.3, -0.25) is 0 Å². The second-order valence-corrected chi connectivity index (χ2v) is 5.18. The number of ether oxygens (including phenoxy) is 1. The first-order chi connectivity index (χ1) is 9.31. The fourth-order valence-electron chi connectivity index (χ4n) is 2.38. The monoisotopic (exact) mass is 263 g/mol. The molecule has 0 amide bonds. The van der Waals surface area contributed by atoms with E-state index in [1.807, 2.05) is 12.1 Å². The van der Waals surface area contributed by atoms with Crippen molar-refractivity contribution in [1.29, 1.82) is 0 Å². The summed E-state index contributed by atoms with van der Waals surface area (Å²) in [6, 6.07) is 8.28. The third kappa shape index (κ3) is 6.11. The first-order valence-electron chi connectivity index (χ1n) is 7.64. The number of benzene rings is 1. The first kappa shape index (κ1) is 16.0. The van der Waals surface area contributed by atoms with Crippen molar-refractivity contribution in [3.63, 3.8) is 0 Å². The minimum Gasteiger partial charge on any atom is -0.496 e. The Hall–Kier alpha value is -1.02. The van der Waals surface area contributed by atoms with Gasteiger partial charge >= 0.3 is 0 Å². The van der Waals surface area contributed by atoms with Crippen LogP contribution in [0, 0.1) is 5.92 Å². The second-order valence-electron chi connectivity index (χ2n) is 5.18. The van der Waals surface area contributed by atoms with Crippen LogP contribution in [-0.2, 0) is 6.42 Å². The minimum absolute atomic E-state index is 0.831. The average Bonchev–Trinajstić information content (AvgIpc) is 2.47. The molecule has 0 aliphatic rings. The van der Waals surface area contributed by atoms with E-state index in [9.17, 15) is 0 Å². The molecule has 0 saturated heterocycles. The van der Waals surface area contributed by atoms with Crippen molar-refractivity contribution in [2.24, 2.45) is 5.92 Å². The highest BCUT2D eigenvalue weighted by Crippen LogP contribution is 2.17. The predicted molar refractivity (Wildman–Crippen MR) is 82.9 cm³/mol. The van der Waals surface area contributed by atoms with E-state index < -0.39 is 0 Å². The number of hydrogen-bond donors (Lipinski definition) is 1. The van der Waals surface area contributed by atoms with Gasteiger partial charge in [0.1, 0.15) is 5.75 Å². The molecular formula is C17H29NO. The number of nitrogens with one attached hydrogen (secondary N) is 1. The standard InChI is InChI=1S/C17H29NO/c1-4-6-9-15(5-2)14-18-13-12-16-10-7-8-11-17(16)19-3/h7-8,10-11,15,18H,4-6,9,12-14H2,1-3H3. The summed E-state index contributed by atoms with van der Waals surface area (Å²) in [6.07, 6.45) is 6.33. The van der Waals surface area contributed by atoms with Gasteiger partial charge in [0.15, 0.2) is 0 Å². The molecular weight excluding hydrogens is 234 g/mol. The van der Waals surface area contributed by atoms with E-state index in [4.69, 9.17) is 4.74 Å². The van der Waals surface area contributed by atoms with Crippen LogP contribution in [0.25, 0.3) is 0 Å². The van der Waals surface area contributed by atoms with Crippen LogP contribution in [0.4, 0.5) is 0 Å². The largest absolute Gasteiger partial charge is 0.496 e. The summed E-state index contributed by atoms with van der Waals surface area (Å²) < 4.78 is 5.37. The number of rotatable bonds is 10. The van der Waals surface area contributed by atoms with Crippen LogP contribution in [0.15, 0.2) is 24.3 Å². The van der Waals surface area contributed by atoms with Gasteiger partial charge in [0.05, 0.1) is 7.11 Å². The Balaban J connectivity index is 2.26. The SMILES string of the molecule is CCCCC(CC)CNCCc1ccccc1OC. The molecule has 1 aromatic rings. The van der Waals surface area contributed by atoms with Crippen LogP contribution in [-0.4, -0.2) is 20.2 Å². The summed E-state index contributed by atoms with van der Waals surface area (Å²) in [5.74, 6) is 1.83. The lowest BCUT2D eigenvalue weighted by molar-refractivity contribution is 0.405. The number of hydrogen-bond acceptors (Lipinski definition) is 2. The van der Waals surface area contributed by atoms with Crippen molar-refractivity contribution in [3.8, 4) is 5.75 Å². The highest BCUT2D eigenvalue weighted by Gasteiger charge is 2.05. The summed E-state index contributed by atoms with van der Waals surface area (Å²) >= 11 is 0. The van der Waals surface area contributed by atoms with E-state index in [1.54, 1.807) is 7.11 Å². The maximum atomic E-state index is 5.37. The van der Waals surface area contributed by atoms with E-state index >= 15 is 0 Å². The Morgan fingerprint density at radius 2 is 2.00 bits per heavy atom. The molecule has 2 nitrogen and oxygen atoms in total. The molecule has 0 bridgehead atoms. The third-order valence-electron chi connectivity index (χ3n) is 3.74. The van der Waals surface area contributed by atoms with Crippen LogP contribution >= 0.6 is 0 Å². The van der Waals surface area contributed by atoms with E-state index in [-0.39, 0.29) is 0 Å². The topological polar surface area (TPSA) is 21.3 Å². The molecule has 0 radical (unpaired) electrons. The van der Waals surface area contributed by atoms with Crippen LogP contribution in [0.5, 0.6) is 5.75 Å². The molecule has 0 aromatic heterocycles. The summed E-state index contributed by atoms with van der Waals surface area (Å²) in [6.45, 7) is 6.73. The lowest BCUT2D eigenvalue weighted by Crippen LogP contribution is -2.24. The number of methoxy groups -OCH3 is 1. The first-order valence-corrected chi connectivity index (χ1v) is 7.64. The molecule has 2 heteroatoms.